The smallest absolute Gasteiger partial charge is 0.245 e. The molecule has 2 saturated heterocycles. The van der Waals surface area contributed by atoms with Crippen LogP contribution in [0.1, 0.15) is 123 Å². The molecule has 8 heteroatoms. The van der Waals surface area contributed by atoms with Gasteiger partial charge in [0, 0.05) is 12.5 Å². The van der Waals surface area contributed by atoms with Gasteiger partial charge in [-0.15, -0.1) is 0 Å². The Hall–Kier alpha value is -1.55. The van der Waals surface area contributed by atoms with Crippen LogP contribution in [0.4, 0.5) is 0 Å². The molecule has 0 radical (unpaired) electrons. The van der Waals surface area contributed by atoms with Gasteiger partial charge in [-0.05, 0) is 32.4 Å². The van der Waals surface area contributed by atoms with Gasteiger partial charge in [-0.3, -0.25) is 10.0 Å². The predicted molar refractivity (Wildman–Crippen MR) is 160 cm³/mol. The van der Waals surface area contributed by atoms with E-state index in [4.69, 9.17) is 18.9 Å². The maximum Gasteiger partial charge on any atom is 0.245 e. The molecule has 8 nitrogen and oxygen atoms in total. The average molecular weight is 577 g/mol. The Balaban J connectivity index is 1.39. The van der Waals surface area contributed by atoms with Gasteiger partial charge in [0.05, 0.1) is 6.61 Å². The molecule has 3 N–H and O–H groups in total. The Morgan fingerprint density at radius 2 is 1.49 bits per heavy atom. The van der Waals surface area contributed by atoms with Crippen LogP contribution in [-0.2, 0) is 30.3 Å². The number of hydroxylamine groups is 1. The van der Waals surface area contributed by atoms with Crippen molar-refractivity contribution < 1.29 is 28.9 Å². The first-order valence-electron chi connectivity index (χ1n) is 16.3. The molecule has 2 aliphatic heterocycles. The van der Waals surface area contributed by atoms with Crippen LogP contribution in [0.25, 0.3) is 0 Å². The fourth-order valence-corrected chi connectivity index (χ4v) is 5.94. The van der Waals surface area contributed by atoms with Crippen molar-refractivity contribution in [3.05, 3.63) is 35.9 Å². The molecule has 0 bridgehead atoms. The highest BCUT2D eigenvalue weighted by Crippen LogP contribution is 2.40. The monoisotopic (exact) mass is 576 g/mol. The van der Waals surface area contributed by atoms with Crippen molar-refractivity contribution in [1.29, 1.82) is 0 Å². The summed E-state index contributed by atoms with van der Waals surface area (Å²) in [5.74, 6) is -1.23. The molecule has 2 aliphatic rings. The summed E-state index contributed by atoms with van der Waals surface area (Å²) in [6.45, 7) is 7.16. The summed E-state index contributed by atoms with van der Waals surface area (Å²) in [5.41, 5.74) is 2.82. The highest BCUT2D eigenvalue weighted by atomic mass is 16.8. The molecule has 0 aromatic heterocycles. The fraction of sp³-hybridized carbons (Fsp3) is 0.788. The molecule has 41 heavy (non-hydrogen) atoms. The summed E-state index contributed by atoms with van der Waals surface area (Å²) in [5, 5.41) is 12.7. The number of ether oxygens (including phenoxy) is 4. The minimum Gasteiger partial charge on any atom is -0.368 e. The van der Waals surface area contributed by atoms with E-state index in [1.54, 1.807) is 5.48 Å². The second-order valence-electron chi connectivity index (χ2n) is 12.2. The van der Waals surface area contributed by atoms with Crippen molar-refractivity contribution in [3.63, 3.8) is 0 Å². The third-order valence-electron chi connectivity index (χ3n) is 8.18. The molecule has 1 aromatic carbocycles. The maximum atomic E-state index is 12.2. The van der Waals surface area contributed by atoms with E-state index in [2.05, 4.69) is 12.2 Å². The van der Waals surface area contributed by atoms with E-state index in [1.807, 2.05) is 44.2 Å². The first kappa shape index (κ1) is 33.9. The van der Waals surface area contributed by atoms with Gasteiger partial charge in [0.1, 0.15) is 18.3 Å². The number of hydrogen-bond acceptors (Lipinski definition) is 7. The molecule has 2 heterocycles. The van der Waals surface area contributed by atoms with Gasteiger partial charge in [0.25, 0.3) is 0 Å². The van der Waals surface area contributed by atoms with Crippen LogP contribution in [0.2, 0.25) is 0 Å². The number of carbonyl (C=O) groups is 1. The number of rotatable bonds is 22. The predicted octanol–water partition coefficient (Wildman–Crippen LogP) is 6.78. The first-order valence-corrected chi connectivity index (χ1v) is 16.3. The summed E-state index contributed by atoms with van der Waals surface area (Å²) in [6, 6.07) is 9.61. The molecule has 0 spiro atoms. The highest BCUT2D eigenvalue weighted by Gasteiger charge is 2.57. The Morgan fingerprint density at radius 1 is 0.902 bits per heavy atom. The number of benzene rings is 1. The Bertz CT molecular complexity index is 838. The third kappa shape index (κ3) is 12.3. The van der Waals surface area contributed by atoms with Crippen LogP contribution in [-0.4, -0.2) is 54.1 Å². The Labute approximate surface area is 248 Å². The number of carbonyl (C=O) groups excluding carboxylic acids is 1. The molecule has 1 unspecified atom stereocenters. The van der Waals surface area contributed by atoms with Crippen LogP contribution in [0.5, 0.6) is 0 Å². The SMILES string of the molecule is CCCCCCCCCCCCCCCCNC(CC(=O)NO)[C@H]1O[C@@H]2OC(C)(C)O[C@@H]2[C@H]1OCc1ccccc1. The zero-order valence-corrected chi connectivity index (χ0v) is 25.8. The number of fused-ring (bicyclic) bond motifs is 1. The molecule has 3 rings (SSSR count). The number of unbranched alkanes of at least 4 members (excludes halogenated alkanes) is 13. The van der Waals surface area contributed by atoms with Gasteiger partial charge in [0.2, 0.25) is 5.91 Å². The minimum absolute atomic E-state index is 0.0633. The normalized spacial score (nSPS) is 23.9. The maximum absolute atomic E-state index is 12.2. The lowest BCUT2D eigenvalue weighted by Gasteiger charge is -2.31. The standard InChI is InChI=1S/C33H56N2O6/c1-4-5-6-7-8-9-10-11-12-13-14-15-16-20-23-34-27(24-28(36)35-37)29-30(38-25-26-21-18-17-19-22-26)31-32(39-29)41-33(2,3)40-31/h17-19,21-22,27,29-32,34,37H,4-16,20,23-25H2,1-3H3,(H,35,36)/t27?,29-,30+,31-,32-/m1/s1. The molecule has 0 saturated carbocycles. The average Bonchev–Trinajstić information content (AvgIpc) is 3.45. The molecular weight excluding hydrogens is 520 g/mol. The Kier molecular flexibility index (Phi) is 15.6. The summed E-state index contributed by atoms with van der Waals surface area (Å²) >= 11 is 0. The van der Waals surface area contributed by atoms with E-state index in [-0.39, 0.29) is 12.5 Å². The zero-order chi connectivity index (χ0) is 29.3. The zero-order valence-electron chi connectivity index (χ0n) is 25.8. The third-order valence-corrected chi connectivity index (χ3v) is 8.18. The van der Waals surface area contributed by atoms with Crippen molar-refractivity contribution >= 4 is 5.91 Å². The van der Waals surface area contributed by atoms with Crippen LogP contribution >= 0.6 is 0 Å². The molecule has 1 amide bonds. The van der Waals surface area contributed by atoms with Crippen molar-refractivity contribution in [2.24, 2.45) is 0 Å². The van der Waals surface area contributed by atoms with E-state index >= 15 is 0 Å². The number of nitrogens with one attached hydrogen (secondary N) is 2. The van der Waals surface area contributed by atoms with Gasteiger partial charge in [0.15, 0.2) is 12.1 Å². The van der Waals surface area contributed by atoms with Crippen LogP contribution in [0.15, 0.2) is 30.3 Å². The molecule has 5 atom stereocenters. The van der Waals surface area contributed by atoms with Crippen LogP contribution < -0.4 is 10.8 Å². The van der Waals surface area contributed by atoms with Gasteiger partial charge in [-0.1, -0.05) is 121 Å². The quantitative estimate of drug-likeness (QED) is 0.0795. The molecule has 0 aliphatic carbocycles. The second-order valence-corrected chi connectivity index (χ2v) is 12.2. The van der Waals surface area contributed by atoms with Gasteiger partial charge in [-0.2, -0.15) is 0 Å². The van der Waals surface area contributed by atoms with Crippen molar-refractivity contribution in [2.45, 2.75) is 160 Å². The van der Waals surface area contributed by atoms with Gasteiger partial charge >= 0.3 is 0 Å². The van der Waals surface area contributed by atoms with Gasteiger partial charge in [-0.25, -0.2) is 5.48 Å². The van der Waals surface area contributed by atoms with Crippen LogP contribution in [0.3, 0.4) is 0 Å². The van der Waals surface area contributed by atoms with E-state index in [9.17, 15) is 10.0 Å². The summed E-state index contributed by atoms with van der Waals surface area (Å²) < 4.78 is 24.8. The summed E-state index contributed by atoms with van der Waals surface area (Å²) in [7, 11) is 0. The lowest BCUT2D eigenvalue weighted by molar-refractivity contribution is -0.222. The van der Waals surface area contributed by atoms with E-state index < -0.39 is 36.3 Å². The van der Waals surface area contributed by atoms with Crippen molar-refractivity contribution in [2.75, 3.05) is 6.54 Å². The van der Waals surface area contributed by atoms with E-state index in [0.29, 0.717) is 6.61 Å². The number of hydrogen-bond donors (Lipinski definition) is 3. The first-order chi connectivity index (χ1) is 19.9. The lowest BCUT2D eigenvalue weighted by atomic mass is 9.99. The van der Waals surface area contributed by atoms with Crippen LogP contribution in [0, 0.1) is 0 Å². The second kappa shape index (κ2) is 18.9. The molecule has 1 aromatic rings. The van der Waals surface area contributed by atoms with Crippen molar-refractivity contribution in [1.82, 2.24) is 10.8 Å². The van der Waals surface area contributed by atoms with E-state index in [0.717, 1.165) is 24.9 Å². The largest absolute Gasteiger partial charge is 0.368 e. The highest BCUT2D eigenvalue weighted by molar-refractivity contribution is 5.75. The molecular formula is C33H56N2O6. The van der Waals surface area contributed by atoms with E-state index in [1.165, 1.54) is 77.0 Å². The summed E-state index contributed by atoms with van der Waals surface area (Å²) in [4.78, 5) is 12.2. The number of amides is 1. The fourth-order valence-electron chi connectivity index (χ4n) is 5.94. The van der Waals surface area contributed by atoms with Crippen molar-refractivity contribution in [3.8, 4) is 0 Å². The van der Waals surface area contributed by atoms with Gasteiger partial charge < -0.3 is 24.3 Å². The molecule has 234 valence electrons. The molecule has 2 fully saturated rings. The lowest BCUT2D eigenvalue weighted by Crippen LogP contribution is -2.50. The topological polar surface area (TPSA) is 98.3 Å². The summed E-state index contributed by atoms with van der Waals surface area (Å²) in [6.07, 6.45) is 16.6. The Morgan fingerprint density at radius 3 is 2.07 bits per heavy atom. The minimum atomic E-state index is -0.770.